The second kappa shape index (κ2) is 7.77. The average Bonchev–Trinajstić information content (AvgIpc) is 3.52. The first-order valence-corrected chi connectivity index (χ1v) is 10.8. The minimum atomic E-state index is -0.682. The number of amides is 1. The molecule has 3 aliphatic heterocycles. The van der Waals surface area contributed by atoms with Gasteiger partial charge >= 0.3 is 0 Å². The molecule has 156 valence electrons. The van der Waals surface area contributed by atoms with Gasteiger partial charge in [-0.25, -0.2) is 0 Å². The van der Waals surface area contributed by atoms with Gasteiger partial charge in [0.15, 0.2) is 11.5 Å². The van der Waals surface area contributed by atoms with E-state index in [0.717, 1.165) is 17.7 Å². The smallest absolute Gasteiger partial charge is 0.295 e. The Hall–Kier alpha value is -2.84. The van der Waals surface area contributed by atoms with Gasteiger partial charge in [-0.2, -0.15) is 0 Å². The first kappa shape index (κ1) is 19.1. The Kier molecular flexibility index (Phi) is 4.96. The predicted molar refractivity (Wildman–Crippen MR) is 110 cm³/mol. The molecule has 5 rings (SSSR count). The summed E-state index contributed by atoms with van der Waals surface area (Å²) in [6, 6.07) is 8.12. The van der Waals surface area contributed by atoms with E-state index < -0.39 is 17.7 Å². The second-order valence-electron chi connectivity index (χ2n) is 7.46. The van der Waals surface area contributed by atoms with Crippen LogP contribution in [-0.2, 0) is 14.3 Å². The molecule has 4 heterocycles. The predicted octanol–water partition coefficient (Wildman–Crippen LogP) is 3.12. The Morgan fingerprint density at radius 1 is 1.13 bits per heavy atom. The topological polar surface area (TPSA) is 85.3 Å². The Balaban J connectivity index is 1.57. The van der Waals surface area contributed by atoms with Gasteiger partial charge < -0.3 is 24.2 Å². The van der Waals surface area contributed by atoms with E-state index in [1.165, 1.54) is 16.2 Å². The molecule has 1 amide bonds. The van der Waals surface area contributed by atoms with Crippen LogP contribution in [0.5, 0.6) is 11.5 Å². The number of hydrogen-bond donors (Lipinski definition) is 1. The summed E-state index contributed by atoms with van der Waals surface area (Å²) in [5, 5.41) is 13.0. The molecule has 0 bridgehead atoms. The second-order valence-corrected chi connectivity index (χ2v) is 8.44. The number of aliphatic hydroxyl groups is 1. The third-order valence-corrected chi connectivity index (χ3v) is 6.52. The molecular formula is C22H21NO6S. The Bertz CT molecular complexity index is 1010. The van der Waals surface area contributed by atoms with Crippen molar-refractivity contribution in [2.45, 2.75) is 25.0 Å². The van der Waals surface area contributed by atoms with E-state index in [1.54, 1.807) is 18.2 Å². The van der Waals surface area contributed by atoms with Crippen molar-refractivity contribution >= 4 is 28.8 Å². The van der Waals surface area contributed by atoms with Crippen molar-refractivity contribution in [2.75, 3.05) is 26.4 Å². The number of fused-ring (bicyclic) bond motifs is 1. The van der Waals surface area contributed by atoms with Crippen molar-refractivity contribution in [3.8, 4) is 11.5 Å². The van der Waals surface area contributed by atoms with E-state index in [-0.39, 0.29) is 17.4 Å². The number of ketones is 1. The van der Waals surface area contributed by atoms with E-state index in [9.17, 15) is 14.7 Å². The lowest BCUT2D eigenvalue weighted by Gasteiger charge is -2.26. The van der Waals surface area contributed by atoms with Crippen LogP contribution in [0.1, 0.15) is 29.3 Å². The maximum atomic E-state index is 13.0. The van der Waals surface area contributed by atoms with Gasteiger partial charge in [0.1, 0.15) is 19.0 Å². The van der Waals surface area contributed by atoms with Crippen LogP contribution >= 0.6 is 11.3 Å². The van der Waals surface area contributed by atoms with Crippen LogP contribution in [-0.4, -0.2) is 54.2 Å². The number of thiophene rings is 1. The molecule has 2 fully saturated rings. The zero-order valence-corrected chi connectivity index (χ0v) is 17.0. The molecule has 2 atom stereocenters. The molecule has 0 spiro atoms. The highest BCUT2D eigenvalue weighted by Crippen LogP contribution is 2.42. The van der Waals surface area contributed by atoms with Crippen LogP contribution in [0.4, 0.5) is 0 Å². The molecule has 7 nitrogen and oxygen atoms in total. The maximum Gasteiger partial charge on any atom is 0.295 e. The van der Waals surface area contributed by atoms with Crippen molar-refractivity contribution in [3.63, 3.8) is 0 Å². The number of hydrogen-bond acceptors (Lipinski definition) is 7. The summed E-state index contributed by atoms with van der Waals surface area (Å²) in [4.78, 5) is 28.3. The number of carbonyl (C=O) groups excluding carboxylic acids is 2. The third kappa shape index (κ3) is 3.26. The maximum absolute atomic E-state index is 13.0. The molecule has 0 aliphatic carbocycles. The molecule has 1 aromatic carbocycles. The number of ether oxygens (including phenoxy) is 3. The normalized spacial score (nSPS) is 25.1. The van der Waals surface area contributed by atoms with Crippen molar-refractivity contribution in [2.24, 2.45) is 0 Å². The van der Waals surface area contributed by atoms with Crippen molar-refractivity contribution in [1.82, 2.24) is 4.90 Å². The van der Waals surface area contributed by atoms with Crippen molar-refractivity contribution < 1.29 is 28.9 Å². The number of nitrogens with zero attached hydrogens (tertiary/aromatic N) is 1. The number of rotatable bonds is 4. The Morgan fingerprint density at radius 2 is 1.97 bits per heavy atom. The Labute approximate surface area is 177 Å². The average molecular weight is 427 g/mol. The third-order valence-electron chi connectivity index (χ3n) is 5.59. The van der Waals surface area contributed by atoms with Gasteiger partial charge in [0.25, 0.3) is 11.7 Å². The highest BCUT2D eigenvalue weighted by molar-refractivity contribution is 7.10. The lowest BCUT2D eigenvalue weighted by molar-refractivity contribution is -0.140. The molecule has 1 N–H and O–H groups in total. The van der Waals surface area contributed by atoms with Crippen molar-refractivity contribution in [3.05, 3.63) is 51.7 Å². The van der Waals surface area contributed by atoms with Gasteiger partial charge in [0, 0.05) is 23.6 Å². The van der Waals surface area contributed by atoms with Crippen LogP contribution in [0.3, 0.4) is 0 Å². The van der Waals surface area contributed by atoms with Gasteiger partial charge in [-0.15, -0.1) is 11.3 Å². The number of Topliss-reactive ketones (excluding diaryl/α,β-unsaturated/α-hetero) is 1. The van der Waals surface area contributed by atoms with E-state index in [2.05, 4.69) is 0 Å². The molecule has 0 unspecified atom stereocenters. The number of aliphatic hydroxyl groups excluding tert-OH is 1. The van der Waals surface area contributed by atoms with E-state index in [4.69, 9.17) is 14.2 Å². The standard InChI is InChI=1S/C22H21NO6S/c24-20(13-5-6-15-16(11-13)29-9-8-28-15)18-19(17-4-2-10-30-17)23(22(26)21(18)25)12-14-3-1-7-27-14/h2,4-6,10-11,14,19,24H,1,3,7-9,12H2/t14-,19+/m0/s1. The highest BCUT2D eigenvalue weighted by atomic mass is 32.1. The summed E-state index contributed by atoms with van der Waals surface area (Å²) in [7, 11) is 0. The molecule has 2 saturated heterocycles. The summed E-state index contributed by atoms with van der Waals surface area (Å²) in [6.07, 6.45) is 1.69. The summed E-state index contributed by atoms with van der Waals surface area (Å²) < 4.78 is 16.8. The minimum Gasteiger partial charge on any atom is -0.507 e. The summed E-state index contributed by atoms with van der Waals surface area (Å²) in [5.74, 6) is -0.404. The first-order chi connectivity index (χ1) is 14.6. The fourth-order valence-electron chi connectivity index (χ4n) is 4.16. The fourth-order valence-corrected chi connectivity index (χ4v) is 5.01. The molecular weight excluding hydrogens is 406 g/mol. The quantitative estimate of drug-likeness (QED) is 0.459. The number of benzene rings is 1. The van der Waals surface area contributed by atoms with Gasteiger partial charge in [0.2, 0.25) is 0 Å². The molecule has 3 aliphatic rings. The lowest BCUT2D eigenvalue weighted by atomic mass is 9.99. The number of likely N-dealkylation sites (tertiary alicyclic amines) is 1. The van der Waals surface area contributed by atoms with Crippen LogP contribution in [0.2, 0.25) is 0 Å². The molecule has 1 aromatic heterocycles. The van der Waals surface area contributed by atoms with Crippen LogP contribution in [0.25, 0.3) is 5.76 Å². The van der Waals surface area contributed by atoms with E-state index in [0.29, 0.717) is 43.4 Å². The van der Waals surface area contributed by atoms with Crippen molar-refractivity contribution in [1.29, 1.82) is 0 Å². The van der Waals surface area contributed by atoms with Crippen LogP contribution in [0.15, 0.2) is 41.3 Å². The SMILES string of the molecule is O=C1C(=O)N(C[C@@H]2CCCO2)[C@H](c2cccs2)C1=C(O)c1ccc2c(c1)OCCO2. The molecule has 0 saturated carbocycles. The molecule has 8 heteroatoms. The largest absolute Gasteiger partial charge is 0.507 e. The van der Waals surface area contributed by atoms with E-state index >= 15 is 0 Å². The van der Waals surface area contributed by atoms with Gasteiger partial charge in [-0.05, 0) is 42.5 Å². The summed E-state index contributed by atoms with van der Waals surface area (Å²) in [5.41, 5.74) is 0.507. The van der Waals surface area contributed by atoms with Gasteiger partial charge in [-0.1, -0.05) is 6.07 Å². The van der Waals surface area contributed by atoms with Gasteiger partial charge in [0.05, 0.1) is 17.7 Å². The monoisotopic (exact) mass is 427 g/mol. The zero-order valence-electron chi connectivity index (χ0n) is 16.2. The summed E-state index contributed by atoms with van der Waals surface area (Å²) >= 11 is 1.45. The molecule has 2 aromatic rings. The molecule has 30 heavy (non-hydrogen) atoms. The zero-order chi connectivity index (χ0) is 20.7. The number of carbonyl (C=O) groups is 2. The first-order valence-electron chi connectivity index (χ1n) is 9.97. The van der Waals surface area contributed by atoms with E-state index in [1.807, 2.05) is 17.5 Å². The van der Waals surface area contributed by atoms with Crippen LogP contribution < -0.4 is 9.47 Å². The summed E-state index contributed by atoms with van der Waals surface area (Å²) in [6.45, 7) is 1.86. The van der Waals surface area contributed by atoms with Crippen LogP contribution in [0, 0.1) is 0 Å². The Morgan fingerprint density at radius 3 is 2.70 bits per heavy atom. The molecule has 0 radical (unpaired) electrons. The highest BCUT2D eigenvalue weighted by Gasteiger charge is 2.47. The fraction of sp³-hybridized carbons (Fsp3) is 0.364. The lowest BCUT2D eigenvalue weighted by Crippen LogP contribution is -2.36. The minimum absolute atomic E-state index is 0.0946. The van der Waals surface area contributed by atoms with Gasteiger partial charge in [-0.3, -0.25) is 9.59 Å².